The van der Waals surface area contributed by atoms with Crippen LogP contribution < -0.4 is 15.4 Å². The highest BCUT2D eigenvalue weighted by Crippen LogP contribution is 2.22. The number of methoxy groups -OCH3 is 1. The lowest BCUT2D eigenvalue weighted by atomic mass is 10.2. The van der Waals surface area contributed by atoms with Crippen molar-refractivity contribution in [1.82, 2.24) is 5.32 Å². The summed E-state index contributed by atoms with van der Waals surface area (Å²) < 4.78 is 44.9. The molecule has 2 amide bonds. The molecule has 0 bridgehead atoms. The topological polar surface area (TPSA) is 67.4 Å². The molecule has 0 aliphatic carbocycles. The molecule has 2 aromatic carbocycles. The average Bonchev–Trinajstić information content (AvgIpc) is 2.60. The van der Waals surface area contributed by atoms with Crippen LogP contribution in [0.3, 0.4) is 0 Å². The van der Waals surface area contributed by atoms with Gasteiger partial charge in [-0.1, -0.05) is 0 Å². The van der Waals surface area contributed by atoms with Crippen LogP contribution in [0.2, 0.25) is 0 Å². The first-order valence-corrected chi connectivity index (χ1v) is 7.68. The first-order valence-electron chi connectivity index (χ1n) is 6.88. The van der Waals surface area contributed by atoms with Crippen LogP contribution >= 0.6 is 15.9 Å². The van der Waals surface area contributed by atoms with E-state index in [1.807, 2.05) is 0 Å². The Morgan fingerprint density at radius 3 is 2.52 bits per heavy atom. The Bertz CT molecular complexity index is 831. The van der Waals surface area contributed by atoms with Gasteiger partial charge in [0.15, 0.2) is 17.5 Å². The molecule has 0 heterocycles. The molecule has 0 atom stereocenters. The van der Waals surface area contributed by atoms with Crippen LogP contribution in [0, 0.1) is 17.5 Å². The molecule has 5 nitrogen and oxygen atoms in total. The minimum atomic E-state index is -1.69. The van der Waals surface area contributed by atoms with Crippen molar-refractivity contribution in [2.24, 2.45) is 0 Å². The summed E-state index contributed by atoms with van der Waals surface area (Å²) in [5.74, 6) is -5.52. The van der Waals surface area contributed by atoms with Gasteiger partial charge in [0, 0.05) is 4.47 Å². The van der Waals surface area contributed by atoms with Crippen LogP contribution in [0.5, 0.6) is 5.75 Å². The molecule has 9 heteroatoms. The van der Waals surface area contributed by atoms with Gasteiger partial charge in [0.1, 0.15) is 5.75 Å². The standard InChI is InChI=1S/C16H12BrF3N2O3/c1-25-8-2-3-10(17)9(6-8)16(24)21-7-13(23)22-12-5-4-11(18)14(19)15(12)20/h2-6H,7H2,1H3,(H,21,24)(H,22,23). The third kappa shape index (κ3) is 4.50. The van der Waals surface area contributed by atoms with Gasteiger partial charge in [-0.3, -0.25) is 9.59 Å². The first kappa shape index (κ1) is 18.8. The maximum Gasteiger partial charge on any atom is 0.252 e. The summed E-state index contributed by atoms with van der Waals surface area (Å²) >= 11 is 3.20. The second kappa shape index (κ2) is 8.02. The van der Waals surface area contributed by atoms with E-state index in [1.54, 1.807) is 12.1 Å². The molecule has 0 saturated heterocycles. The van der Waals surface area contributed by atoms with E-state index < -0.39 is 41.5 Å². The Hall–Kier alpha value is -2.55. The maximum atomic E-state index is 13.5. The molecule has 0 aliphatic heterocycles. The Morgan fingerprint density at radius 1 is 1.12 bits per heavy atom. The summed E-state index contributed by atoms with van der Waals surface area (Å²) in [6, 6.07) is 6.27. The maximum absolute atomic E-state index is 13.5. The van der Waals surface area contributed by atoms with E-state index in [0.29, 0.717) is 16.3 Å². The molecular weight excluding hydrogens is 405 g/mol. The van der Waals surface area contributed by atoms with E-state index in [0.717, 1.165) is 6.07 Å². The molecule has 2 rings (SSSR count). The first-order chi connectivity index (χ1) is 11.8. The summed E-state index contributed by atoms with van der Waals surface area (Å²) in [5.41, 5.74) is -0.299. The molecule has 0 aliphatic rings. The monoisotopic (exact) mass is 416 g/mol. The molecule has 0 fully saturated rings. The Labute approximate surface area is 149 Å². The van der Waals surface area contributed by atoms with E-state index in [2.05, 4.69) is 26.6 Å². The third-order valence-electron chi connectivity index (χ3n) is 3.14. The molecule has 0 spiro atoms. The van der Waals surface area contributed by atoms with Gasteiger partial charge < -0.3 is 15.4 Å². The van der Waals surface area contributed by atoms with Crippen molar-refractivity contribution in [3.05, 3.63) is 57.8 Å². The highest BCUT2D eigenvalue weighted by Gasteiger charge is 2.16. The number of carbonyl (C=O) groups is 2. The number of hydrogen-bond donors (Lipinski definition) is 2. The molecular formula is C16H12BrF3N2O3. The third-order valence-corrected chi connectivity index (χ3v) is 3.83. The lowest BCUT2D eigenvalue weighted by Crippen LogP contribution is -2.33. The summed E-state index contributed by atoms with van der Waals surface area (Å²) in [6.07, 6.45) is 0. The lowest BCUT2D eigenvalue weighted by molar-refractivity contribution is -0.115. The van der Waals surface area contributed by atoms with E-state index in [-0.39, 0.29) is 5.56 Å². The average molecular weight is 417 g/mol. The number of benzene rings is 2. The number of halogens is 4. The second-order valence-electron chi connectivity index (χ2n) is 4.80. The van der Waals surface area contributed by atoms with Crippen LogP contribution in [0.25, 0.3) is 0 Å². The van der Waals surface area contributed by atoms with Crippen LogP contribution in [0.4, 0.5) is 18.9 Å². The summed E-state index contributed by atoms with van der Waals surface area (Å²) in [4.78, 5) is 23.9. The summed E-state index contributed by atoms with van der Waals surface area (Å²) in [5, 5.41) is 4.38. The molecule has 0 aromatic heterocycles. The van der Waals surface area contributed by atoms with Crippen molar-refractivity contribution in [1.29, 1.82) is 0 Å². The van der Waals surface area contributed by atoms with Crippen molar-refractivity contribution in [2.45, 2.75) is 0 Å². The van der Waals surface area contributed by atoms with Crippen molar-refractivity contribution in [3.8, 4) is 5.75 Å². The van der Waals surface area contributed by atoms with Gasteiger partial charge in [-0.15, -0.1) is 0 Å². The second-order valence-corrected chi connectivity index (χ2v) is 5.65. The number of carbonyl (C=O) groups excluding carboxylic acids is 2. The molecule has 2 aromatic rings. The zero-order valence-corrected chi connectivity index (χ0v) is 14.4. The summed E-state index contributed by atoms with van der Waals surface area (Å²) in [6.45, 7) is -0.499. The van der Waals surface area contributed by atoms with Crippen molar-refractivity contribution in [2.75, 3.05) is 19.0 Å². The van der Waals surface area contributed by atoms with E-state index >= 15 is 0 Å². The minimum Gasteiger partial charge on any atom is -0.497 e. The predicted octanol–water partition coefficient (Wildman–Crippen LogP) is 3.24. The molecule has 0 radical (unpaired) electrons. The smallest absolute Gasteiger partial charge is 0.252 e. The van der Waals surface area contributed by atoms with Gasteiger partial charge in [0.2, 0.25) is 5.91 Å². The van der Waals surface area contributed by atoms with Crippen LogP contribution in [-0.2, 0) is 4.79 Å². The normalized spacial score (nSPS) is 10.3. The fraction of sp³-hybridized carbons (Fsp3) is 0.125. The summed E-state index contributed by atoms with van der Waals surface area (Å²) in [7, 11) is 1.44. The van der Waals surface area contributed by atoms with Gasteiger partial charge in [0.25, 0.3) is 5.91 Å². The highest BCUT2D eigenvalue weighted by atomic mass is 79.9. The fourth-order valence-electron chi connectivity index (χ4n) is 1.88. The largest absolute Gasteiger partial charge is 0.497 e. The van der Waals surface area contributed by atoms with Gasteiger partial charge in [0.05, 0.1) is 24.9 Å². The van der Waals surface area contributed by atoms with E-state index in [9.17, 15) is 22.8 Å². The molecule has 25 heavy (non-hydrogen) atoms. The zero-order valence-electron chi connectivity index (χ0n) is 12.8. The quantitative estimate of drug-likeness (QED) is 0.735. The van der Waals surface area contributed by atoms with Crippen LogP contribution in [-0.4, -0.2) is 25.5 Å². The van der Waals surface area contributed by atoms with E-state index in [4.69, 9.17) is 4.74 Å². The minimum absolute atomic E-state index is 0.228. The van der Waals surface area contributed by atoms with Crippen molar-refractivity contribution < 1.29 is 27.5 Å². The Balaban J connectivity index is 2.01. The fourth-order valence-corrected chi connectivity index (χ4v) is 2.30. The Kier molecular flexibility index (Phi) is 6.02. The number of rotatable bonds is 5. The highest BCUT2D eigenvalue weighted by molar-refractivity contribution is 9.10. The van der Waals surface area contributed by atoms with Crippen LogP contribution in [0.15, 0.2) is 34.8 Å². The number of nitrogens with one attached hydrogen (secondary N) is 2. The molecule has 0 unspecified atom stereocenters. The zero-order chi connectivity index (χ0) is 18.6. The molecule has 2 N–H and O–H groups in total. The SMILES string of the molecule is COc1ccc(Br)c(C(=O)NCC(=O)Nc2ccc(F)c(F)c2F)c1. The van der Waals surface area contributed by atoms with Gasteiger partial charge in [-0.25, -0.2) is 13.2 Å². The van der Waals surface area contributed by atoms with Crippen LogP contribution in [0.1, 0.15) is 10.4 Å². The van der Waals surface area contributed by atoms with Gasteiger partial charge in [-0.2, -0.15) is 0 Å². The van der Waals surface area contributed by atoms with Crippen molar-refractivity contribution in [3.63, 3.8) is 0 Å². The number of hydrogen-bond acceptors (Lipinski definition) is 3. The Morgan fingerprint density at radius 2 is 1.84 bits per heavy atom. The number of ether oxygens (including phenoxy) is 1. The molecule has 0 saturated carbocycles. The lowest BCUT2D eigenvalue weighted by Gasteiger charge is -2.10. The number of amides is 2. The molecule has 132 valence electrons. The van der Waals surface area contributed by atoms with Crippen molar-refractivity contribution >= 4 is 33.4 Å². The van der Waals surface area contributed by atoms with Gasteiger partial charge >= 0.3 is 0 Å². The number of anilines is 1. The van der Waals surface area contributed by atoms with Gasteiger partial charge in [-0.05, 0) is 46.3 Å². The van der Waals surface area contributed by atoms with E-state index in [1.165, 1.54) is 13.2 Å². The predicted molar refractivity (Wildman–Crippen MR) is 88.0 cm³/mol.